The molecule has 7 heteroatoms. The molecule has 0 bridgehead atoms. The molecule has 4 aromatic rings. The molecule has 0 spiro atoms. The van der Waals surface area contributed by atoms with E-state index >= 15 is 0 Å². The summed E-state index contributed by atoms with van der Waals surface area (Å²) in [5, 5.41) is 12.3. The maximum atomic E-state index is 14.0. The smallest absolute Gasteiger partial charge is 0.305 e. The van der Waals surface area contributed by atoms with Gasteiger partial charge in [-0.2, -0.15) is 0 Å². The predicted octanol–water partition coefficient (Wildman–Crippen LogP) is 6.01. The van der Waals surface area contributed by atoms with E-state index in [9.17, 15) is 19.5 Å². The normalized spacial score (nSPS) is 11.4. The van der Waals surface area contributed by atoms with Gasteiger partial charge >= 0.3 is 5.97 Å². The van der Waals surface area contributed by atoms with Crippen LogP contribution in [0.3, 0.4) is 0 Å². The second-order valence-corrected chi connectivity index (χ2v) is 9.79. The van der Waals surface area contributed by atoms with Gasteiger partial charge in [-0.05, 0) is 40.8 Å². The van der Waals surface area contributed by atoms with Crippen molar-refractivity contribution in [2.45, 2.75) is 25.8 Å². The molecule has 0 saturated carbocycles. The van der Waals surface area contributed by atoms with Crippen molar-refractivity contribution in [2.24, 2.45) is 0 Å². The molecule has 1 unspecified atom stereocenters. The molecule has 4 rings (SSSR count). The Morgan fingerprint density at radius 2 is 1.39 bits per heavy atom. The van der Waals surface area contributed by atoms with Crippen LogP contribution in [0.4, 0.5) is 0 Å². The van der Waals surface area contributed by atoms with Gasteiger partial charge < -0.3 is 20.1 Å². The van der Waals surface area contributed by atoms with Crippen LogP contribution in [0, 0.1) is 0 Å². The highest BCUT2D eigenvalue weighted by atomic mass is 16.5. The molecule has 0 aliphatic carbocycles. The van der Waals surface area contributed by atoms with Gasteiger partial charge in [-0.25, -0.2) is 0 Å². The van der Waals surface area contributed by atoms with Crippen LogP contribution in [0.25, 0.3) is 11.1 Å². The summed E-state index contributed by atoms with van der Waals surface area (Å²) in [7, 11) is 1.59. The van der Waals surface area contributed by atoms with Crippen LogP contribution in [0.15, 0.2) is 103 Å². The third kappa shape index (κ3) is 7.39. The molecule has 4 aromatic carbocycles. The van der Waals surface area contributed by atoms with Gasteiger partial charge in [-0.3, -0.25) is 14.4 Å². The van der Waals surface area contributed by atoms with E-state index in [2.05, 4.69) is 5.32 Å². The molecule has 0 heterocycles. The predicted molar refractivity (Wildman–Crippen MR) is 159 cm³/mol. The molecule has 0 aliphatic heterocycles. The number of carbonyl (C=O) groups excluding carboxylic acids is 2. The highest BCUT2D eigenvalue weighted by molar-refractivity contribution is 6.06. The summed E-state index contributed by atoms with van der Waals surface area (Å²) in [5.41, 5.74) is 3.96. The Morgan fingerprint density at radius 1 is 0.805 bits per heavy atom. The molecule has 1 atom stereocenters. The number of hydrogen-bond acceptors (Lipinski definition) is 4. The van der Waals surface area contributed by atoms with Crippen LogP contribution in [0.1, 0.15) is 51.1 Å². The number of carbonyl (C=O) groups is 3. The van der Waals surface area contributed by atoms with Crippen molar-refractivity contribution in [3.05, 3.63) is 125 Å². The van der Waals surface area contributed by atoms with Gasteiger partial charge in [0.2, 0.25) is 0 Å². The summed E-state index contributed by atoms with van der Waals surface area (Å²) < 4.78 is 5.40. The van der Waals surface area contributed by atoms with Crippen LogP contribution < -0.4 is 10.1 Å². The maximum Gasteiger partial charge on any atom is 0.305 e. The molecule has 0 saturated heterocycles. The fourth-order valence-corrected chi connectivity index (χ4v) is 4.83. The van der Waals surface area contributed by atoms with E-state index in [0.717, 1.165) is 11.1 Å². The highest BCUT2D eigenvalue weighted by Crippen LogP contribution is 2.29. The number of nitrogens with zero attached hydrogens (tertiary/aromatic N) is 1. The van der Waals surface area contributed by atoms with Gasteiger partial charge in [0.05, 0.1) is 13.5 Å². The summed E-state index contributed by atoms with van der Waals surface area (Å²) in [6.07, 6.45) is -0.169. The quantitative estimate of drug-likeness (QED) is 0.225. The molecule has 7 nitrogen and oxygen atoms in total. The number of carboxylic acid groups (broad SMARTS) is 1. The minimum absolute atomic E-state index is 0.00542. The van der Waals surface area contributed by atoms with E-state index in [1.54, 1.807) is 36.3 Å². The first-order chi connectivity index (χ1) is 19.9. The molecule has 210 valence electrons. The maximum absolute atomic E-state index is 14.0. The fraction of sp³-hybridized carbons (Fsp3) is 0.206. The third-order valence-corrected chi connectivity index (χ3v) is 7.00. The Labute approximate surface area is 240 Å². The van der Waals surface area contributed by atoms with Gasteiger partial charge in [-0.1, -0.05) is 91.9 Å². The minimum Gasteiger partial charge on any atom is -0.496 e. The van der Waals surface area contributed by atoms with Gasteiger partial charge in [0.1, 0.15) is 5.75 Å². The van der Waals surface area contributed by atoms with Gasteiger partial charge in [0.25, 0.3) is 11.8 Å². The SMILES string of the molecule is COc1ccccc1CNC(=O)c1ccccc1-c1ccccc1C(=O)N(CCC(=O)O)CC(C)c1ccccc1. The molecule has 2 N–H and O–H groups in total. The molecular weight excluding hydrogens is 516 g/mol. The monoisotopic (exact) mass is 550 g/mol. The first kappa shape index (κ1) is 29.1. The van der Waals surface area contributed by atoms with Crippen molar-refractivity contribution < 1.29 is 24.2 Å². The number of amides is 2. The lowest BCUT2D eigenvalue weighted by atomic mass is 9.93. The van der Waals surface area contributed by atoms with E-state index in [0.29, 0.717) is 34.5 Å². The number of methoxy groups -OCH3 is 1. The molecule has 0 aromatic heterocycles. The number of para-hydroxylation sites is 1. The van der Waals surface area contributed by atoms with Crippen LogP contribution in [0.2, 0.25) is 0 Å². The van der Waals surface area contributed by atoms with Crippen molar-refractivity contribution in [3.63, 3.8) is 0 Å². The zero-order valence-corrected chi connectivity index (χ0v) is 23.2. The zero-order valence-electron chi connectivity index (χ0n) is 23.2. The second-order valence-electron chi connectivity index (χ2n) is 9.79. The van der Waals surface area contributed by atoms with Crippen LogP contribution in [-0.2, 0) is 11.3 Å². The minimum atomic E-state index is -0.972. The highest BCUT2D eigenvalue weighted by Gasteiger charge is 2.24. The van der Waals surface area contributed by atoms with Gasteiger partial charge in [0.15, 0.2) is 0 Å². The van der Waals surface area contributed by atoms with Crippen molar-refractivity contribution in [3.8, 4) is 16.9 Å². The van der Waals surface area contributed by atoms with E-state index in [1.807, 2.05) is 85.8 Å². The van der Waals surface area contributed by atoms with Gasteiger partial charge in [-0.15, -0.1) is 0 Å². The lowest BCUT2D eigenvalue weighted by molar-refractivity contribution is -0.137. The van der Waals surface area contributed by atoms with Crippen molar-refractivity contribution in [1.29, 1.82) is 0 Å². The number of ether oxygens (including phenoxy) is 1. The van der Waals surface area contributed by atoms with Crippen molar-refractivity contribution >= 4 is 17.8 Å². The molecule has 0 fully saturated rings. The molecule has 41 heavy (non-hydrogen) atoms. The Morgan fingerprint density at radius 3 is 2.07 bits per heavy atom. The molecular formula is C34H34N2O5. The number of hydrogen-bond donors (Lipinski definition) is 2. The largest absolute Gasteiger partial charge is 0.496 e. The third-order valence-electron chi connectivity index (χ3n) is 7.00. The lowest BCUT2D eigenvalue weighted by Crippen LogP contribution is -2.36. The Kier molecular flexibility index (Phi) is 9.89. The van der Waals surface area contributed by atoms with E-state index in [1.165, 1.54) is 0 Å². The van der Waals surface area contributed by atoms with Crippen molar-refractivity contribution in [2.75, 3.05) is 20.2 Å². The van der Waals surface area contributed by atoms with Gasteiger partial charge in [0, 0.05) is 36.3 Å². The Hall–Kier alpha value is -4.91. The number of carboxylic acids is 1. The van der Waals surface area contributed by atoms with Crippen LogP contribution in [-0.4, -0.2) is 48.0 Å². The molecule has 0 aliphatic rings. The second kappa shape index (κ2) is 13.9. The standard InChI is InChI=1S/C34H34N2O5/c1-24(25-12-4-3-5-13-25)23-36(21-20-32(37)38)34(40)30-18-10-8-16-28(30)27-15-7-9-17-29(27)33(39)35-22-26-14-6-11-19-31(26)41-2/h3-19,24H,20-23H2,1-2H3,(H,35,39)(H,37,38). The first-order valence-electron chi connectivity index (χ1n) is 13.5. The van der Waals surface area contributed by atoms with Crippen LogP contribution >= 0.6 is 0 Å². The average molecular weight is 551 g/mol. The number of aliphatic carboxylic acids is 1. The Balaban J connectivity index is 1.63. The number of benzene rings is 4. The lowest BCUT2D eigenvalue weighted by Gasteiger charge is -2.27. The van der Waals surface area contributed by atoms with Crippen LogP contribution in [0.5, 0.6) is 5.75 Å². The topological polar surface area (TPSA) is 95.9 Å². The summed E-state index contributed by atoms with van der Waals surface area (Å²) in [5.74, 6) is -0.860. The Bertz CT molecular complexity index is 1500. The average Bonchev–Trinajstić information content (AvgIpc) is 3.01. The van der Waals surface area contributed by atoms with E-state index in [4.69, 9.17) is 4.74 Å². The first-order valence-corrected chi connectivity index (χ1v) is 13.5. The zero-order chi connectivity index (χ0) is 29.2. The summed E-state index contributed by atoms with van der Waals surface area (Å²) in [6.45, 7) is 2.72. The number of nitrogens with one attached hydrogen (secondary N) is 1. The van der Waals surface area contributed by atoms with E-state index < -0.39 is 5.97 Å². The summed E-state index contributed by atoms with van der Waals surface area (Å²) in [6, 6.07) is 31.6. The van der Waals surface area contributed by atoms with E-state index in [-0.39, 0.29) is 37.2 Å². The summed E-state index contributed by atoms with van der Waals surface area (Å²) >= 11 is 0. The molecule has 2 amide bonds. The fourth-order valence-electron chi connectivity index (χ4n) is 4.83. The molecule has 0 radical (unpaired) electrons. The number of rotatable bonds is 12. The van der Waals surface area contributed by atoms with Crippen molar-refractivity contribution in [1.82, 2.24) is 10.2 Å². The summed E-state index contributed by atoms with van der Waals surface area (Å²) in [4.78, 5) is 40.4.